The van der Waals surface area contributed by atoms with Crippen molar-refractivity contribution in [3.8, 4) is 11.9 Å². The van der Waals surface area contributed by atoms with Gasteiger partial charge in [0.15, 0.2) is 0 Å². The topological polar surface area (TPSA) is 79.0 Å². The van der Waals surface area contributed by atoms with E-state index in [1.165, 1.54) is 0 Å². The van der Waals surface area contributed by atoms with Gasteiger partial charge < -0.3 is 9.84 Å². The van der Waals surface area contributed by atoms with Gasteiger partial charge in [0.25, 0.3) is 0 Å². The number of rotatable bonds is 1. The maximum absolute atomic E-state index is 10.3. The van der Waals surface area contributed by atoms with Gasteiger partial charge in [0.1, 0.15) is 11.6 Å². The van der Waals surface area contributed by atoms with Crippen molar-refractivity contribution in [1.29, 1.82) is 5.26 Å². The Morgan fingerprint density at radius 2 is 2.14 bits per heavy atom. The molecule has 22 heavy (non-hydrogen) atoms. The molecule has 0 aliphatic heterocycles. The van der Waals surface area contributed by atoms with Crippen LogP contribution in [0.4, 0.5) is 0 Å². The van der Waals surface area contributed by atoms with Crippen LogP contribution in [0.15, 0.2) is 11.3 Å². The number of aliphatic hydroxyl groups excluding tert-OH is 1. The summed E-state index contributed by atoms with van der Waals surface area (Å²) in [6.45, 7) is 6.02. The van der Waals surface area contributed by atoms with Crippen LogP contribution >= 0.6 is 0 Å². The van der Waals surface area contributed by atoms with Crippen LogP contribution in [-0.2, 0) is 11.8 Å². The van der Waals surface area contributed by atoms with Crippen LogP contribution < -0.4 is 4.74 Å². The number of allylic oxidation sites excluding steroid dienone is 2. The van der Waals surface area contributed by atoms with Gasteiger partial charge in [-0.05, 0) is 32.1 Å². The van der Waals surface area contributed by atoms with Crippen LogP contribution in [0.1, 0.15) is 43.8 Å². The Hall–Kier alpha value is -2.09. The quantitative estimate of drug-likeness (QED) is 0.862. The fraction of sp³-hybridized carbons (Fsp3) is 0.588. The van der Waals surface area contributed by atoms with Crippen LogP contribution in [0.2, 0.25) is 0 Å². The molecular weight excluding hydrogens is 278 g/mol. The monoisotopic (exact) mass is 299 g/mol. The van der Waals surface area contributed by atoms with E-state index in [0.29, 0.717) is 23.7 Å². The van der Waals surface area contributed by atoms with Crippen LogP contribution in [0, 0.1) is 30.1 Å². The lowest BCUT2D eigenvalue weighted by atomic mass is 9.57. The highest BCUT2D eigenvalue weighted by molar-refractivity contribution is 5.44. The summed E-state index contributed by atoms with van der Waals surface area (Å²) < 4.78 is 5.44. The predicted molar refractivity (Wildman–Crippen MR) is 81.5 cm³/mol. The number of aryl methyl sites for hydroxylation is 1. The number of hydrogen-bond acceptors (Lipinski definition) is 5. The highest BCUT2D eigenvalue weighted by Crippen LogP contribution is 2.53. The van der Waals surface area contributed by atoms with Gasteiger partial charge >= 0.3 is 0 Å². The Morgan fingerprint density at radius 1 is 1.41 bits per heavy atom. The minimum atomic E-state index is -0.259. The first kappa shape index (κ1) is 14.8. The molecule has 0 radical (unpaired) electrons. The van der Waals surface area contributed by atoms with E-state index in [2.05, 4.69) is 18.0 Å². The second-order valence-electron chi connectivity index (χ2n) is 6.61. The molecule has 0 saturated heterocycles. The maximum atomic E-state index is 10.3. The Labute approximate surface area is 130 Å². The molecule has 1 N–H and O–H groups in total. The molecule has 116 valence electrons. The van der Waals surface area contributed by atoms with Gasteiger partial charge in [-0.1, -0.05) is 13.8 Å². The van der Waals surface area contributed by atoms with Crippen LogP contribution in [0.25, 0.3) is 0 Å². The fourth-order valence-electron chi connectivity index (χ4n) is 4.27. The number of fused-ring (bicyclic) bond motifs is 3. The molecule has 0 aromatic carbocycles. The third kappa shape index (κ3) is 1.90. The summed E-state index contributed by atoms with van der Waals surface area (Å²) in [6, 6.07) is 2.17. The van der Waals surface area contributed by atoms with Gasteiger partial charge in [-0.3, -0.25) is 0 Å². The number of methoxy groups -OCH3 is 1. The summed E-state index contributed by atoms with van der Waals surface area (Å²) in [4.78, 5) is 9.09. The SMILES string of the molecule is COc1nc(C)nc2c1CC[C@H]1[C@H](C)C(O)=C(C#N)C[C@]21C. The third-order valence-electron chi connectivity index (χ3n) is 5.36. The molecule has 3 atom stereocenters. The third-order valence-corrected chi connectivity index (χ3v) is 5.36. The predicted octanol–water partition coefficient (Wildman–Crippen LogP) is 2.99. The van der Waals surface area contributed by atoms with Crippen molar-refractivity contribution >= 4 is 0 Å². The van der Waals surface area contributed by atoms with E-state index in [4.69, 9.17) is 9.72 Å². The lowest BCUT2D eigenvalue weighted by Crippen LogP contribution is -2.45. The molecule has 0 spiro atoms. The Balaban J connectivity index is 2.21. The molecule has 0 saturated carbocycles. The van der Waals surface area contributed by atoms with Crippen LogP contribution in [0.3, 0.4) is 0 Å². The number of aliphatic hydroxyl groups is 1. The molecule has 0 amide bonds. The molecule has 0 fully saturated rings. The molecule has 3 rings (SSSR count). The van der Waals surface area contributed by atoms with Crippen LogP contribution in [-0.4, -0.2) is 22.2 Å². The number of hydrogen-bond donors (Lipinski definition) is 1. The first-order chi connectivity index (χ1) is 10.4. The smallest absolute Gasteiger partial charge is 0.219 e. The summed E-state index contributed by atoms with van der Waals surface area (Å²) >= 11 is 0. The van der Waals surface area contributed by atoms with Crippen molar-refractivity contribution in [3.05, 3.63) is 28.4 Å². The lowest BCUT2D eigenvalue weighted by Gasteiger charge is -2.47. The fourth-order valence-corrected chi connectivity index (χ4v) is 4.27. The van der Waals surface area contributed by atoms with E-state index in [1.54, 1.807) is 7.11 Å². The van der Waals surface area contributed by atoms with Gasteiger partial charge in [0.2, 0.25) is 5.88 Å². The lowest BCUT2D eigenvalue weighted by molar-refractivity contribution is 0.134. The normalized spacial score (nSPS) is 30.3. The zero-order valence-electron chi connectivity index (χ0n) is 13.5. The minimum Gasteiger partial charge on any atom is -0.511 e. The number of ether oxygens (including phenoxy) is 1. The van der Waals surface area contributed by atoms with Gasteiger partial charge in [-0.25, -0.2) is 4.98 Å². The standard InChI is InChI=1S/C17H21N3O2/c1-9-13-6-5-12-15(19-10(2)20-16(12)22-4)17(13,3)7-11(8-18)14(9)21/h9,13,21H,5-7H2,1-4H3/t9-,13-,17-/m0/s1. The summed E-state index contributed by atoms with van der Waals surface area (Å²) in [5.41, 5.74) is 2.26. The Kier molecular flexibility index (Phi) is 3.36. The molecule has 0 bridgehead atoms. The average molecular weight is 299 g/mol. The number of nitriles is 1. The number of nitrogens with zero attached hydrogens (tertiary/aromatic N) is 3. The van der Waals surface area contributed by atoms with E-state index < -0.39 is 0 Å². The Morgan fingerprint density at radius 3 is 2.77 bits per heavy atom. The van der Waals surface area contributed by atoms with E-state index in [1.807, 2.05) is 13.8 Å². The summed E-state index contributed by atoms with van der Waals surface area (Å²) in [5.74, 6) is 1.83. The molecule has 2 aliphatic carbocycles. The molecule has 1 aromatic rings. The van der Waals surface area contributed by atoms with Gasteiger partial charge in [-0.15, -0.1) is 0 Å². The average Bonchev–Trinajstić information content (AvgIpc) is 2.50. The molecule has 1 heterocycles. The van der Waals surface area contributed by atoms with Gasteiger partial charge in [-0.2, -0.15) is 10.2 Å². The molecule has 5 nitrogen and oxygen atoms in total. The zero-order valence-corrected chi connectivity index (χ0v) is 13.5. The summed E-state index contributed by atoms with van der Waals surface area (Å²) in [7, 11) is 1.63. The summed E-state index contributed by atoms with van der Waals surface area (Å²) in [5, 5.41) is 19.7. The van der Waals surface area contributed by atoms with E-state index in [-0.39, 0.29) is 23.0 Å². The molecular formula is C17H21N3O2. The van der Waals surface area contributed by atoms with Gasteiger partial charge in [0.05, 0.1) is 24.4 Å². The van der Waals surface area contributed by atoms with Crippen molar-refractivity contribution in [2.75, 3.05) is 7.11 Å². The second kappa shape index (κ2) is 4.98. The van der Waals surface area contributed by atoms with Crippen molar-refractivity contribution in [3.63, 3.8) is 0 Å². The van der Waals surface area contributed by atoms with Gasteiger partial charge in [0, 0.05) is 16.9 Å². The largest absolute Gasteiger partial charge is 0.511 e. The number of aromatic nitrogens is 2. The van der Waals surface area contributed by atoms with Crippen molar-refractivity contribution in [2.24, 2.45) is 11.8 Å². The minimum absolute atomic E-state index is 0.0252. The maximum Gasteiger partial charge on any atom is 0.219 e. The second-order valence-corrected chi connectivity index (χ2v) is 6.61. The molecule has 0 unspecified atom stereocenters. The first-order valence-corrected chi connectivity index (χ1v) is 7.66. The molecule has 5 heteroatoms. The van der Waals surface area contributed by atoms with E-state index in [0.717, 1.165) is 24.1 Å². The van der Waals surface area contributed by atoms with E-state index >= 15 is 0 Å². The van der Waals surface area contributed by atoms with Crippen molar-refractivity contribution < 1.29 is 9.84 Å². The molecule has 2 aliphatic rings. The van der Waals surface area contributed by atoms with Crippen LogP contribution in [0.5, 0.6) is 5.88 Å². The van der Waals surface area contributed by atoms with E-state index in [9.17, 15) is 10.4 Å². The summed E-state index contributed by atoms with van der Waals surface area (Å²) in [6.07, 6.45) is 2.31. The Bertz CT molecular complexity index is 705. The highest BCUT2D eigenvalue weighted by atomic mass is 16.5. The zero-order chi connectivity index (χ0) is 16.1. The first-order valence-electron chi connectivity index (χ1n) is 7.66. The van der Waals surface area contributed by atoms with Crippen molar-refractivity contribution in [1.82, 2.24) is 9.97 Å². The van der Waals surface area contributed by atoms with Crippen molar-refractivity contribution in [2.45, 2.75) is 45.4 Å². The molecule has 1 aromatic heterocycles. The highest BCUT2D eigenvalue weighted by Gasteiger charge is 2.50.